The minimum Gasteiger partial charge on any atom is -0.381 e. The molecule has 3 N–H and O–H groups in total. The number of aromatic nitrogens is 2. The molecule has 2 rings (SSSR count). The molecule has 18 heavy (non-hydrogen) atoms. The van der Waals surface area contributed by atoms with Crippen molar-refractivity contribution in [3.05, 3.63) is 18.0 Å². The Labute approximate surface area is 106 Å². The van der Waals surface area contributed by atoms with E-state index in [0.717, 1.165) is 24.8 Å². The number of nitrogens with one attached hydrogen (secondary N) is 1. The lowest BCUT2D eigenvalue weighted by atomic mass is 10.1. The van der Waals surface area contributed by atoms with Gasteiger partial charge in [0.1, 0.15) is 6.04 Å². The summed E-state index contributed by atoms with van der Waals surface area (Å²) < 4.78 is 6.91. The van der Waals surface area contributed by atoms with Crippen LogP contribution in [0, 0.1) is 0 Å². The van der Waals surface area contributed by atoms with Gasteiger partial charge in [0.2, 0.25) is 5.91 Å². The number of carbonyl (C=O) groups excluding carboxylic acids is 1. The highest BCUT2D eigenvalue weighted by molar-refractivity contribution is 5.83. The third kappa shape index (κ3) is 2.88. The van der Waals surface area contributed by atoms with Gasteiger partial charge in [0.05, 0.1) is 12.3 Å². The molecule has 3 unspecified atom stereocenters. The Balaban J connectivity index is 1.88. The van der Waals surface area contributed by atoms with Gasteiger partial charge in [0.15, 0.2) is 0 Å². The van der Waals surface area contributed by atoms with Crippen molar-refractivity contribution in [3.63, 3.8) is 0 Å². The number of nitrogens with two attached hydrogens (primary N) is 1. The maximum absolute atomic E-state index is 12.0. The average molecular weight is 252 g/mol. The summed E-state index contributed by atoms with van der Waals surface area (Å²) in [6.45, 7) is 0. The van der Waals surface area contributed by atoms with Gasteiger partial charge in [-0.1, -0.05) is 0 Å². The lowest BCUT2D eigenvalue weighted by Gasteiger charge is -2.16. The molecule has 0 bridgehead atoms. The summed E-state index contributed by atoms with van der Waals surface area (Å²) in [6, 6.07) is -0.481. The average Bonchev–Trinajstić information content (AvgIpc) is 2.97. The Morgan fingerprint density at radius 2 is 2.44 bits per heavy atom. The van der Waals surface area contributed by atoms with Gasteiger partial charge >= 0.3 is 0 Å². The van der Waals surface area contributed by atoms with Gasteiger partial charge in [-0.15, -0.1) is 0 Å². The number of rotatable bonds is 4. The highest BCUT2D eigenvalue weighted by atomic mass is 16.5. The van der Waals surface area contributed by atoms with Crippen molar-refractivity contribution in [2.75, 3.05) is 7.11 Å². The van der Waals surface area contributed by atoms with E-state index in [4.69, 9.17) is 10.5 Å². The van der Waals surface area contributed by atoms with E-state index < -0.39 is 6.04 Å². The van der Waals surface area contributed by atoms with Gasteiger partial charge < -0.3 is 15.8 Å². The maximum atomic E-state index is 12.0. The first-order valence-electron chi connectivity index (χ1n) is 6.17. The molecule has 1 heterocycles. The van der Waals surface area contributed by atoms with Gasteiger partial charge in [-0.3, -0.25) is 9.48 Å². The molecular formula is C12H20N4O2. The number of carbonyl (C=O) groups is 1. The standard InChI is InChI=1S/C12H20N4O2/c1-16-7-8(6-14-16)11(13)12(17)15-9-3-4-10(5-9)18-2/h6-7,9-11H,3-5,13H2,1-2H3,(H,15,17). The second-order valence-corrected chi connectivity index (χ2v) is 4.80. The first kappa shape index (κ1) is 13.0. The lowest BCUT2D eigenvalue weighted by molar-refractivity contribution is -0.123. The van der Waals surface area contributed by atoms with Crippen molar-refractivity contribution in [3.8, 4) is 0 Å². The molecule has 3 atom stereocenters. The smallest absolute Gasteiger partial charge is 0.241 e. The zero-order chi connectivity index (χ0) is 13.1. The van der Waals surface area contributed by atoms with Crippen LogP contribution in [0.2, 0.25) is 0 Å². The second kappa shape index (κ2) is 5.49. The SMILES string of the molecule is COC1CCC(NC(=O)C(N)c2cnn(C)c2)C1. The number of ether oxygens (including phenoxy) is 1. The van der Waals surface area contributed by atoms with Crippen LogP contribution in [0.3, 0.4) is 0 Å². The summed E-state index contributed by atoms with van der Waals surface area (Å²) in [6.07, 6.45) is 6.44. The van der Waals surface area contributed by atoms with Crippen molar-refractivity contribution >= 4 is 5.91 Å². The minimum absolute atomic E-state index is 0.148. The summed E-state index contributed by atoms with van der Waals surface area (Å²) in [5, 5.41) is 6.98. The van der Waals surface area contributed by atoms with Crippen LogP contribution in [0.5, 0.6) is 0 Å². The highest BCUT2D eigenvalue weighted by Crippen LogP contribution is 2.22. The molecule has 1 aromatic heterocycles. The first-order valence-corrected chi connectivity index (χ1v) is 6.17. The summed E-state index contributed by atoms with van der Waals surface area (Å²) >= 11 is 0. The van der Waals surface area contributed by atoms with Crippen LogP contribution in [-0.2, 0) is 16.6 Å². The molecule has 0 radical (unpaired) electrons. The van der Waals surface area contributed by atoms with Gasteiger partial charge in [-0.25, -0.2) is 0 Å². The number of aryl methyl sites for hydroxylation is 1. The molecule has 1 aromatic rings. The summed E-state index contributed by atoms with van der Waals surface area (Å²) in [4.78, 5) is 12.0. The van der Waals surface area contributed by atoms with Crippen molar-refractivity contribution in [1.29, 1.82) is 0 Å². The number of hydrogen-bond donors (Lipinski definition) is 2. The zero-order valence-corrected chi connectivity index (χ0v) is 10.8. The molecule has 1 fully saturated rings. The van der Waals surface area contributed by atoms with Crippen LogP contribution in [0.4, 0.5) is 0 Å². The molecule has 0 spiro atoms. The fraction of sp³-hybridized carbons (Fsp3) is 0.667. The topological polar surface area (TPSA) is 82.2 Å². The number of nitrogens with zero attached hydrogens (tertiary/aromatic N) is 2. The molecule has 0 saturated heterocycles. The number of amides is 1. The summed E-state index contributed by atoms with van der Waals surface area (Å²) in [5.74, 6) is -0.148. The predicted octanol–water partition coefficient (Wildman–Crippen LogP) is 0.104. The lowest BCUT2D eigenvalue weighted by Crippen LogP contribution is -2.39. The van der Waals surface area contributed by atoms with E-state index in [1.54, 1.807) is 31.2 Å². The van der Waals surface area contributed by atoms with E-state index in [1.165, 1.54) is 0 Å². The summed E-state index contributed by atoms with van der Waals surface area (Å²) in [5.41, 5.74) is 6.63. The Bertz CT molecular complexity index is 418. The van der Waals surface area contributed by atoms with E-state index >= 15 is 0 Å². The van der Waals surface area contributed by atoms with Crippen LogP contribution < -0.4 is 11.1 Å². The van der Waals surface area contributed by atoms with Crippen LogP contribution in [0.15, 0.2) is 12.4 Å². The molecule has 1 aliphatic carbocycles. The molecule has 100 valence electrons. The molecule has 6 nitrogen and oxygen atoms in total. The third-order valence-corrected chi connectivity index (χ3v) is 3.43. The van der Waals surface area contributed by atoms with Crippen LogP contribution >= 0.6 is 0 Å². The van der Waals surface area contributed by atoms with Gasteiger partial charge in [0.25, 0.3) is 0 Å². The van der Waals surface area contributed by atoms with Crippen LogP contribution in [0.25, 0.3) is 0 Å². The molecule has 1 aliphatic rings. The van der Waals surface area contributed by atoms with E-state index in [1.807, 2.05) is 0 Å². The number of methoxy groups -OCH3 is 1. The monoisotopic (exact) mass is 252 g/mol. The van der Waals surface area contributed by atoms with Gasteiger partial charge in [-0.2, -0.15) is 5.10 Å². The maximum Gasteiger partial charge on any atom is 0.241 e. The first-order chi connectivity index (χ1) is 8.60. The van der Waals surface area contributed by atoms with Crippen LogP contribution in [-0.4, -0.2) is 34.9 Å². The van der Waals surface area contributed by atoms with E-state index in [0.29, 0.717) is 0 Å². The molecule has 1 saturated carbocycles. The van der Waals surface area contributed by atoms with Gasteiger partial charge in [0, 0.05) is 32.0 Å². The Kier molecular flexibility index (Phi) is 3.98. The number of hydrogen-bond acceptors (Lipinski definition) is 4. The largest absolute Gasteiger partial charge is 0.381 e. The van der Waals surface area contributed by atoms with Gasteiger partial charge in [-0.05, 0) is 19.3 Å². The molecule has 0 aromatic carbocycles. The molecular weight excluding hydrogens is 232 g/mol. The van der Waals surface area contributed by atoms with E-state index in [2.05, 4.69) is 10.4 Å². The van der Waals surface area contributed by atoms with Crippen molar-refractivity contribution < 1.29 is 9.53 Å². The Hall–Kier alpha value is -1.40. The fourth-order valence-electron chi connectivity index (χ4n) is 2.33. The molecule has 1 amide bonds. The Morgan fingerprint density at radius 3 is 3.00 bits per heavy atom. The minimum atomic E-state index is -0.653. The van der Waals surface area contributed by atoms with Crippen molar-refractivity contribution in [2.24, 2.45) is 12.8 Å². The van der Waals surface area contributed by atoms with Crippen molar-refractivity contribution in [2.45, 2.75) is 37.5 Å². The molecule has 0 aliphatic heterocycles. The fourth-order valence-corrected chi connectivity index (χ4v) is 2.33. The highest BCUT2D eigenvalue weighted by Gasteiger charge is 2.27. The molecule has 6 heteroatoms. The van der Waals surface area contributed by atoms with Crippen LogP contribution in [0.1, 0.15) is 30.9 Å². The third-order valence-electron chi connectivity index (χ3n) is 3.43. The zero-order valence-electron chi connectivity index (χ0n) is 10.8. The predicted molar refractivity (Wildman–Crippen MR) is 66.7 cm³/mol. The normalized spacial score (nSPS) is 25.1. The second-order valence-electron chi connectivity index (χ2n) is 4.80. The summed E-state index contributed by atoms with van der Waals surface area (Å²) in [7, 11) is 3.50. The quantitative estimate of drug-likeness (QED) is 0.796. The van der Waals surface area contributed by atoms with E-state index in [-0.39, 0.29) is 18.1 Å². The Morgan fingerprint density at radius 1 is 1.67 bits per heavy atom. The van der Waals surface area contributed by atoms with Crippen molar-refractivity contribution in [1.82, 2.24) is 15.1 Å². The van der Waals surface area contributed by atoms with E-state index in [9.17, 15) is 4.79 Å².